The molecule has 0 fully saturated rings. The summed E-state index contributed by atoms with van der Waals surface area (Å²) >= 11 is 0. The predicted molar refractivity (Wildman–Crippen MR) is 92.2 cm³/mol. The zero-order chi connectivity index (χ0) is 18.0. The number of hydrogen-bond donors (Lipinski definition) is 2. The number of carbonyl (C=O) groups is 1. The van der Waals surface area contributed by atoms with Crippen LogP contribution in [0.2, 0.25) is 0 Å². The number of allylic oxidation sites excluding steroid dienone is 1. The van der Waals surface area contributed by atoms with Crippen molar-refractivity contribution in [1.29, 1.82) is 0 Å². The van der Waals surface area contributed by atoms with E-state index in [4.69, 9.17) is 9.15 Å². The molecule has 1 heterocycles. The van der Waals surface area contributed by atoms with E-state index >= 15 is 0 Å². The average molecular weight is 338 g/mol. The number of methoxy groups -OCH3 is 1. The standard InChI is InChI=1S/C19H14O6/c1-24-16-9-7-11(10-14(16)21)6-8-13(20)17-18(22)12-4-2-3-5-15(12)25-19(17)23/h2-10,21-22H,1H3/b8-6+. The summed E-state index contributed by atoms with van der Waals surface area (Å²) in [4.78, 5) is 24.3. The van der Waals surface area contributed by atoms with E-state index in [1.54, 1.807) is 30.3 Å². The molecule has 1 aromatic heterocycles. The largest absolute Gasteiger partial charge is 0.506 e. The number of aromatic hydroxyl groups is 2. The first-order valence-electron chi connectivity index (χ1n) is 7.35. The smallest absolute Gasteiger partial charge is 0.351 e. The van der Waals surface area contributed by atoms with Crippen LogP contribution in [0.4, 0.5) is 0 Å². The maximum absolute atomic E-state index is 12.3. The van der Waals surface area contributed by atoms with E-state index in [0.717, 1.165) is 6.08 Å². The Morgan fingerprint density at radius 2 is 1.92 bits per heavy atom. The number of carbonyl (C=O) groups excluding carboxylic acids is 1. The quantitative estimate of drug-likeness (QED) is 0.431. The van der Waals surface area contributed by atoms with E-state index in [-0.39, 0.29) is 16.7 Å². The molecule has 25 heavy (non-hydrogen) atoms. The molecule has 2 N–H and O–H groups in total. The Hall–Kier alpha value is -3.54. The van der Waals surface area contributed by atoms with Gasteiger partial charge in [0.1, 0.15) is 16.9 Å². The molecule has 6 nitrogen and oxygen atoms in total. The molecule has 0 saturated carbocycles. The number of rotatable bonds is 4. The van der Waals surface area contributed by atoms with Crippen LogP contribution >= 0.6 is 0 Å². The number of hydrogen-bond acceptors (Lipinski definition) is 6. The van der Waals surface area contributed by atoms with Crippen molar-refractivity contribution in [2.75, 3.05) is 7.11 Å². The van der Waals surface area contributed by atoms with Crippen LogP contribution in [0.1, 0.15) is 15.9 Å². The normalized spacial score (nSPS) is 11.1. The third-order valence-corrected chi connectivity index (χ3v) is 3.66. The van der Waals surface area contributed by atoms with Crippen molar-refractivity contribution in [3.63, 3.8) is 0 Å². The highest BCUT2D eigenvalue weighted by Gasteiger charge is 2.18. The van der Waals surface area contributed by atoms with Gasteiger partial charge in [0, 0.05) is 0 Å². The first kappa shape index (κ1) is 16.3. The topological polar surface area (TPSA) is 97.0 Å². The minimum atomic E-state index is -0.913. The number of ketones is 1. The molecule has 0 aliphatic carbocycles. The van der Waals surface area contributed by atoms with E-state index in [2.05, 4.69) is 0 Å². The Balaban J connectivity index is 1.97. The van der Waals surface area contributed by atoms with Gasteiger partial charge >= 0.3 is 5.63 Å². The van der Waals surface area contributed by atoms with E-state index in [1.165, 1.54) is 25.3 Å². The molecule has 3 rings (SSSR count). The Morgan fingerprint density at radius 1 is 1.16 bits per heavy atom. The molecular formula is C19H14O6. The zero-order valence-corrected chi connectivity index (χ0v) is 13.2. The van der Waals surface area contributed by atoms with Gasteiger partial charge in [-0.2, -0.15) is 0 Å². The van der Waals surface area contributed by atoms with Gasteiger partial charge in [0.2, 0.25) is 0 Å². The minimum absolute atomic E-state index is 0.0786. The lowest BCUT2D eigenvalue weighted by Crippen LogP contribution is -2.12. The predicted octanol–water partition coefficient (Wildman–Crippen LogP) is 3.11. The molecule has 126 valence electrons. The highest BCUT2D eigenvalue weighted by atomic mass is 16.5. The van der Waals surface area contributed by atoms with Gasteiger partial charge in [0.05, 0.1) is 12.5 Å². The van der Waals surface area contributed by atoms with E-state index < -0.39 is 22.7 Å². The lowest BCUT2D eigenvalue weighted by molar-refractivity contribution is 0.104. The summed E-state index contributed by atoms with van der Waals surface area (Å²) in [6, 6.07) is 11.0. The molecule has 0 spiro atoms. The minimum Gasteiger partial charge on any atom is -0.506 e. The Bertz CT molecular complexity index is 1050. The molecule has 0 unspecified atom stereocenters. The molecule has 0 aliphatic heterocycles. The molecular weight excluding hydrogens is 324 g/mol. The Labute approximate surface area is 142 Å². The maximum Gasteiger partial charge on any atom is 0.351 e. The van der Waals surface area contributed by atoms with Crippen LogP contribution in [0.15, 0.2) is 57.8 Å². The second kappa shape index (κ2) is 6.52. The summed E-state index contributed by atoms with van der Waals surface area (Å²) in [5.74, 6) is -0.896. The van der Waals surface area contributed by atoms with Gasteiger partial charge in [-0.1, -0.05) is 24.3 Å². The summed E-state index contributed by atoms with van der Waals surface area (Å²) in [5, 5.41) is 20.2. The monoisotopic (exact) mass is 338 g/mol. The zero-order valence-electron chi connectivity index (χ0n) is 13.2. The third-order valence-electron chi connectivity index (χ3n) is 3.66. The Morgan fingerprint density at radius 3 is 2.64 bits per heavy atom. The molecule has 0 amide bonds. The second-order valence-electron chi connectivity index (χ2n) is 5.24. The lowest BCUT2D eigenvalue weighted by atomic mass is 10.1. The van der Waals surface area contributed by atoms with Crippen molar-refractivity contribution in [3.8, 4) is 17.2 Å². The van der Waals surface area contributed by atoms with Crippen LogP contribution in [0.25, 0.3) is 17.0 Å². The van der Waals surface area contributed by atoms with Crippen molar-refractivity contribution < 1.29 is 24.2 Å². The van der Waals surface area contributed by atoms with Crippen LogP contribution in [-0.2, 0) is 0 Å². The average Bonchev–Trinajstić information content (AvgIpc) is 2.60. The number of para-hydroxylation sites is 1. The first-order valence-corrected chi connectivity index (χ1v) is 7.35. The third kappa shape index (κ3) is 3.10. The van der Waals surface area contributed by atoms with Crippen molar-refractivity contribution in [3.05, 3.63) is 70.1 Å². The fourth-order valence-corrected chi connectivity index (χ4v) is 2.42. The molecule has 2 aromatic carbocycles. The Kier molecular flexibility index (Phi) is 4.26. The lowest BCUT2D eigenvalue weighted by Gasteiger charge is -2.04. The number of fused-ring (bicyclic) bond motifs is 1. The van der Waals surface area contributed by atoms with Gasteiger partial charge < -0.3 is 19.4 Å². The summed E-state index contributed by atoms with van der Waals surface area (Å²) in [6.07, 6.45) is 2.54. The summed E-state index contributed by atoms with van der Waals surface area (Å²) in [6.45, 7) is 0. The van der Waals surface area contributed by atoms with Gasteiger partial charge in [-0.3, -0.25) is 4.79 Å². The fraction of sp³-hybridized carbons (Fsp3) is 0.0526. The molecule has 0 radical (unpaired) electrons. The number of benzene rings is 2. The van der Waals surface area contributed by atoms with Crippen molar-refractivity contribution in [2.45, 2.75) is 0 Å². The second-order valence-corrected chi connectivity index (χ2v) is 5.24. The SMILES string of the molecule is COc1ccc(/C=C/C(=O)c2c(O)c3ccccc3oc2=O)cc1O. The van der Waals surface area contributed by atoms with Crippen molar-refractivity contribution in [2.24, 2.45) is 0 Å². The molecule has 3 aromatic rings. The number of phenolic OH excluding ortho intramolecular Hbond substituents is 1. The van der Waals surface area contributed by atoms with E-state index in [9.17, 15) is 19.8 Å². The van der Waals surface area contributed by atoms with Crippen molar-refractivity contribution in [1.82, 2.24) is 0 Å². The number of phenols is 1. The van der Waals surface area contributed by atoms with Gasteiger partial charge in [0.25, 0.3) is 0 Å². The van der Waals surface area contributed by atoms with Gasteiger partial charge in [0.15, 0.2) is 17.3 Å². The van der Waals surface area contributed by atoms with E-state index in [1.807, 2.05) is 0 Å². The molecule has 6 heteroatoms. The van der Waals surface area contributed by atoms with Crippen LogP contribution < -0.4 is 10.4 Å². The highest BCUT2D eigenvalue weighted by Crippen LogP contribution is 2.28. The van der Waals surface area contributed by atoms with Crippen LogP contribution in [0.5, 0.6) is 17.2 Å². The number of ether oxygens (including phenoxy) is 1. The summed E-state index contributed by atoms with van der Waals surface area (Å²) in [7, 11) is 1.43. The molecule has 0 bridgehead atoms. The van der Waals surface area contributed by atoms with Crippen LogP contribution in [0.3, 0.4) is 0 Å². The summed E-state index contributed by atoms with van der Waals surface area (Å²) in [5.41, 5.74) is -0.627. The van der Waals surface area contributed by atoms with Crippen LogP contribution in [0, 0.1) is 0 Å². The summed E-state index contributed by atoms with van der Waals surface area (Å²) < 4.78 is 10.0. The van der Waals surface area contributed by atoms with Gasteiger partial charge in [-0.05, 0) is 35.9 Å². The fourth-order valence-electron chi connectivity index (χ4n) is 2.42. The van der Waals surface area contributed by atoms with Gasteiger partial charge in [-0.15, -0.1) is 0 Å². The van der Waals surface area contributed by atoms with E-state index in [0.29, 0.717) is 11.3 Å². The molecule has 0 aliphatic rings. The highest BCUT2D eigenvalue weighted by molar-refractivity contribution is 6.10. The molecule has 0 saturated heterocycles. The van der Waals surface area contributed by atoms with Gasteiger partial charge in [-0.25, -0.2) is 4.79 Å². The molecule has 0 atom stereocenters. The van der Waals surface area contributed by atoms with Crippen molar-refractivity contribution >= 4 is 22.8 Å². The maximum atomic E-state index is 12.3. The van der Waals surface area contributed by atoms with Crippen LogP contribution in [-0.4, -0.2) is 23.1 Å². The first-order chi connectivity index (χ1) is 12.0.